The summed E-state index contributed by atoms with van der Waals surface area (Å²) in [5.41, 5.74) is 5.15. The van der Waals surface area contributed by atoms with Crippen LogP contribution in [0.25, 0.3) is 0 Å². The van der Waals surface area contributed by atoms with Gasteiger partial charge >= 0.3 is 0 Å². The van der Waals surface area contributed by atoms with Gasteiger partial charge in [0.15, 0.2) is 8.03 Å². The minimum Gasteiger partial charge on any atom is -0.379 e. The second kappa shape index (κ2) is 6.61. The Morgan fingerprint density at radius 3 is 2.42 bits per heavy atom. The van der Waals surface area contributed by atoms with Gasteiger partial charge in [0.2, 0.25) is 0 Å². The molecule has 0 fully saturated rings. The molecule has 0 rings (SSSR count). The monoisotopic (exact) mass is 195 g/mol. The molecule has 3 unspecified atom stereocenters. The van der Waals surface area contributed by atoms with Gasteiger partial charge in [0.1, 0.15) is 6.23 Å². The van der Waals surface area contributed by atoms with E-state index < -0.39 is 14.3 Å². The summed E-state index contributed by atoms with van der Waals surface area (Å²) in [6, 6.07) is 0. The largest absolute Gasteiger partial charge is 0.379 e. The first-order chi connectivity index (χ1) is 5.52. The van der Waals surface area contributed by atoms with Crippen LogP contribution in [0.4, 0.5) is 0 Å². The van der Waals surface area contributed by atoms with Crippen molar-refractivity contribution in [2.75, 3.05) is 6.16 Å². The number of hydrogen-bond acceptors (Lipinski definition) is 3. The Kier molecular flexibility index (Phi) is 6.67. The van der Waals surface area contributed by atoms with Crippen LogP contribution < -0.4 is 5.73 Å². The van der Waals surface area contributed by atoms with Crippen LogP contribution in [0, 0.1) is 5.92 Å². The van der Waals surface area contributed by atoms with E-state index in [2.05, 4.69) is 0 Å². The van der Waals surface area contributed by atoms with Gasteiger partial charge in [0.25, 0.3) is 0 Å². The highest BCUT2D eigenvalue weighted by molar-refractivity contribution is 7.37. The third kappa shape index (κ3) is 8.21. The van der Waals surface area contributed by atoms with Gasteiger partial charge in [-0.15, -0.1) is 0 Å². The molecule has 0 aliphatic carbocycles. The van der Waals surface area contributed by atoms with Gasteiger partial charge in [-0.2, -0.15) is 0 Å². The van der Waals surface area contributed by atoms with Gasteiger partial charge in [0.05, 0.1) is 0 Å². The van der Waals surface area contributed by atoms with Gasteiger partial charge in [-0.25, -0.2) is 0 Å². The first-order valence-electron chi connectivity index (χ1n) is 4.17. The van der Waals surface area contributed by atoms with Gasteiger partial charge < -0.3 is 15.7 Å². The molecule has 0 saturated carbocycles. The van der Waals surface area contributed by atoms with Gasteiger partial charge in [0, 0.05) is 6.16 Å². The van der Waals surface area contributed by atoms with Crippen molar-refractivity contribution >= 4 is 8.03 Å². The van der Waals surface area contributed by atoms with E-state index in [0.717, 1.165) is 12.8 Å². The lowest BCUT2D eigenvalue weighted by molar-refractivity contribution is 0.162. The SMILES string of the molecule is CC(CCC(N)O)CC[PH](=O)O. The molecule has 0 bridgehead atoms. The molecule has 0 aliphatic heterocycles. The molecule has 5 heteroatoms. The summed E-state index contributed by atoms with van der Waals surface area (Å²) in [4.78, 5) is 8.55. The van der Waals surface area contributed by atoms with E-state index in [1.54, 1.807) is 0 Å². The summed E-state index contributed by atoms with van der Waals surface area (Å²) in [6.07, 6.45) is 1.74. The fourth-order valence-electron chi connectivity index (χ4n) is 0.969. The predicted octanol–water partition coefficient (Wildman–Crippen LogP) is 0.537. The highest BCUT2D eigenvalue weighted by Gasteiger charge is 2.05. The molecule has 4 N–H and O–H groups in total. The van der Waals surface area contributed by atoms with E-state index in [-0.39, 0.29) is 0 Å². The van der Waals surface area contributed by atoms with Gasteiger partial charge in [-0.05, 0) is 25.2 Å². The molecule has 0 aliphatic rings. The smallest absolute Gasteiger partial charge is 0.189 e. The second-order valence-corrected chi connectivity index (χ2v) is 4.47. The van der Waals surface area contributed by atoms with E-state index >= 15 is 0 Å². The van der Waals surface area contributed by atoms with Crippen LogP contribution in [0.3, 0.4) is 0 Å². The molecule has 3 atom stereocenters. The molecular formula is C7H18NO3P. The van der Waals surface area contributed by atoms with Crippen LogP contribution >= 0.6 is 8.03 Å². The van der Waals surface area contributed by atoms with Crippen molar-refractivity contribution in [3.8, 4) is 0 Å². The molecule has 0 saturated heterocycles. The number of aliphatic hydroxyl groups excluding tert-OH is 1. The first kappa shape index (κ1) is 12.1. The fourth-order valence-corrected chi connectivity index (χ4v) is 1.71. The van der Waals surface area contributed by atoms with Gasteiger partial charge in [-0.3, -0.25) is 4.57 Å². The predicted molar refractivity (Wildman–Crippen MR) is 49.3 cm³/mol. The summed E-state index contributed by atoms with van der Waals surface area (Å²) in [5, 5.41) is 8.75. The quantitative estimate of drug-likeness (QED) is 0.426. The van der Waals surface area contributed by atoms with E-state index in [9.17, 15) is 4.57 Å². The van der Waals surface area contributed by atoms with Crippen LogP contribution in [0.5, 0.6) is 0 Å². The number of rotatable bonds is 6. The zero-order chi connectivity index (χ0) is 9.56. The molecular weight excluding hydrogens is 177 g/mol. The van der Waals surface area contributed by atoms with E-state index in [4.69, 9.17) is 15.7 Å². The van der Waals surface area contributed by atoms with Crippen LogP contribution in [0.15, 0.2) is 0 Å². The van der Waals surface area contributed by atoms with Crippen LogP contribution in [0.1, 0.15) is 26.2 Å². The van der Waals surface area contributed by atoms with Crippen molar-refractivity contribution in [2.24, 2.45) is 11.7 Å². The van der Waals surface area contributed by atoms with Crippen LogP contribution in [-0.2, 0) is 4.57 Å². The summed E-state index contributed by atoms with van der Waals surface area (Å²) < 4.78 is 10.4. The minimum atomic E-state index is -2.31. The maximum absolute atomic E-state index is 10.4. The minimum absolute atomic E-state index is 0.365. The normalized spacial score (nSPS) is 18.7. The molecule has 0 aromatic carbocycles. The Morgan fingerprint density at radius 2 is 2.00 bits per heavy atom. The Morgan fingerprint density at radius 1 is 1.42 bits per heavy atom. The summed E-state index contributed by atoms with van der Waals surface area (Å²) in [6.45, 7) is 1.99. The summed E-state index contributed by atoms with van der Waals surface area (Å²) in [7, 11) is -2.31. The second-order valence-electron chi connectivity index (χ2n) is 3.18. The lowest BCUT2D eigenvalue weighted by Gasteiger charge is -2.10. The molecule has 0 radical (unpaired) electrons. The Balaban J connectivity index is 3.33. The lowest BCUT2D eigenvalue weighted by Crippen LogP contribution is -2.19. The zero-order valence-electron chi connectivity index (χ0n) is 7.36. The van der Waals surface area contributed by atoms with E-state index in [1.165, 1.54) is 0 Å². The van der Waals surface area contributed by atoms with Crippen LogP contribution in [-0.4, -0.2) is 22.4 Å². The fraction of sp³-hybridized carbons (Fsp3) is 1.00. The molecule has 0 amide bonds. The highest BCUT2D eigenvalue weighted by Crippen LogP contribution is 2.20. The zero-order valence-corrected chi connectivity index (χ0v) is 8.36. The third-order valence-corrected chi connectivity index (χ3v) is 2.52. The van der Waals surface area contributed by atoms with Crippen molar-refractivity contribution in [1.82, 2.24) is 0 Å². The maximum atomic E-state index is 10.4. The Hall–Kier alpha value is 0.110. The van der Waals surface area contributed by atoms with Crippen LogP contribution in [0.2, 0.25) is 0 Å². The number of aliphatic hydroxyl groups is 1. The van der Waals surface area contributed by atoms with Crippen molar-refractivity contribution in [1.29, 1.82) is 0 Å². The van der Waals surface area contributed by atoms with E-state index in [0.29, 0.717) is 18.5 Å². The maximum Gasteiger partial charge on any atom is 0.189 e. The summed E-state index contributed by atoms with van der Waals surface area (Å²) >= 11 is 0. The summed E-state index contributed by atoms with van der Waals surface area (Å²) in [5.74, 6) is 0.365. The standard InChI is InChI=1S/C7H18NO3P/c1-6(2-3-7(8)9)4-5-12(10)11/h6-7,9,12H,2-5,8H2,1H3,(H,10,11). The van der Waals surface area contributed by atoms with Crippen molar-refractivity contribution in [2.45, 2.75) is 32.4 Å². The molecule has 0 aromatic rings. The highest BCUT2D eigenvalue weighted by atomic mass is 31.1. The first-order valence-corrected chi connectivity index (χ1v) is 5.74. The average Bonchev–Trinajstić information content (AvgIpc) is 1.96. The molecule has 74 valence electrons. The average molecular weight is 195 g/mol. The Labute approximate surface area is 73.6 Å². The molecule has 0 aromatic heterocycles. The molecule has 12 heavy (non-hydrogen) atoms. The number of nitrogens with two attached hydrogens (primary N) is 1. The van der Waals surface area contributed by atoms with Crippen molar-refractivity contribution in [3.05, 3.63) is 0 Å². The molecule has 0 spiro atoms. The third-order valence-electron chi connectivity index (χ3n) is 1.81. The molecule has 0 heterocycles. The van der Waals surface area contributed by atoms with Gasteiger partial charge in [-0.1, -0.05) is 6.92 Å². The Bertz CT molecular complexity index is 141. The number of hydrogen-bond donors (Lipinski definition) is 3. The van der Waals surface area contributed by atoms with Crippen molar-refractivity contribution in [3.63, 3.8) is 0 Å². The van der Waals surface area contributed by atoms with Crippen molar-refractivity contribution < 1.29 is 14.6 Å². The van der Waals surface area contributed by atoms with E-state index in [1.807, 2.05) is 6.92 Å². The lowest BCUT2D eigenvalue weighted by atomic mass is 10.0. The molecule has 4 nitrogen and oxygen atoms in total. The topological polar surface area (TPSA) is 83.5 Å².